The highest BCUT2D eigenvalue weighted by molar-refractivity contribution is 14.1. The topological polar surface area (TPSA) is 17.1 Å². The predicted molar refractivity (Wildman–Crippen MR) is 102 cm³/mol. The molecule has 0 bridgehead atoms. The third kappa shape index (κ3) is 5.75. The monoisotopic (exact) mass is 460 g/mol. The van der Waals surface area contributed by atoms with Crippen LogP contribution >= 0.6 is 38.5 Å². The van der Waals surface area contributed by atoms with E-state index in [0.717, 1.165) is 37.7 Å². The van der Waals surface area contributed by atoms with Crippen LogP contribution in [0.3, 0.4) is 0 Å². The van der Waals surface area contributed by atoms with E-state index in [1.807, 2.05) is 13.0 Å². The molecule has 0 saturated carbocycles. The molecule has 0 saturated heterocycles. The second kappa shape index (κ2) is 9.63. The number of carbonyl (C=O) groups excluding carboxylic acids is 1. The molecule has 0 spiro atoms. The standard InChI is InChI=1S/C18H22BrIO/c1-3-4-5-6-7-8-12-18(2,17(21)14-19)15-10-9-11-16(20)13-15/h9-11,13H,5-8,12,14H2,1-2H3. The Bertz CT molecular complexity index is 530. The van der Waals surface area contributed by atoms with E-state index >= 15 is 0 Å². The van der Waals surface area contributed by atoms with E-state index in [-0.39, 0.29) is 11.2 Å². The Morgan fingerprint density at radius 3 is 2.71 bits per heavy atom. The lowest BCUT2D eigenvalue weighted by Crippen LogP contribution is -2.33. The minimum atomic E-state index is -0.388. The zero-order valence-electron chi connectivity index (χ0n) is 12.7. The number of unbranched alkanes of at least 4 members (excludes halogenated alkanes) is 3. The summed E-state index contributed by atoms with van der Waals surface area (Å²) in [5, 5.41) is 0.413. The first-order valence-corrected chi connectivity index (χ1v) is 9.49. The van der Waals surface area contributed by atoms with E-state index in [1.165, 1.54) is 3.57 Å². The van der Waals surface area contributed by atoms with Crippen LogP contribution in [0, 0.1) is 15.4 Å². The molecule has 114 valence electrons. The van der Waals surface area contributed by atoms with Crippen LogP contribution in [-0.4, -0.2) is 11.1 Å². The van der Waals surface area contributed by atoms with Crippen LogP contribution in [-0.2, 0) is 10.2 Å². The molecule has 1 rings (SSSR count). The number of benzene rings is 1. The van der Waals surface area contributed by atoms with E-state index in [0.29, 0.717) is 5.33 Å². The second-order valence-electron chi connectivity index (χ2n) is 5.39. The largest absolute Gasteiger partial charge is 0.298 e. The predicted octanol–water partition coefficient (Wildman–Crippen LogP) is 5.49. The normalized spacial score (nSPS) is 13.1. The van der Waals surface area contributed by atoms with Crippen molar-refractivity contribution in [2.24, 2.45) is 0 Å². The van der Waals surface area contributed by atoms with Crippen LogP contribution in [0.4, 0.5) is 0 Å². The molecule has 3 heteroatoms. The highest BCUT2D eigenvalue weighted by atomic mass is 127. The summed E-state index contributed by atoms with van der Waals surface area (Å²) in [6, 6.07) is 8.30. The SMILES string of the molecule is CC#CCCCCCC(C)(C(=O)CBr)c1cccc(I)c1. The number of ketones is 1. The van der Waals surface area contributed by atoms with Crippen molar-refractivity contribution in [2.75, 3.05) is 5.33 Å². The molecule has 1 atom stereocenters. The summed E-state index contributed by atoms with van der Waals surface area (Å²) in [7, 11) is 0. The quantitative estimate of drug-likeness (QED) is 0.217. The molecule has 0 aliphatic carbocycles. The Kier molecular flexibility index (Phi) is 8.58. The van der Waals surface area contributed by atoms with Crippen LogP contribution in [0.1, 0.15) is 51.5 Å². The van der Waals surface area contributed by atoms with Gasteiger partial charge in [-0.25, -0.2) is 0 Å². The zero-order chi connectivity index (χ0) is 15.7. The maximum atomic E-state index is 12.4. The Hall–Kier alpha value is -0.340. The highest BCUT2D eigenvalue weighted by Crippen LogP contribution is 2.32. The number of Topliss-reactive ketones (excluding diaryl/α,β-unsaturated/α-hetero) is 1. The lowest BCUT2D eigenvalue weighted by molar-refractivity contribution is -0.121. The van der Waals surface area contributed by atoms with Gasteiger partial charge in [-0.15, -0.1) is 11.8 Å². The molecule has 0 aromatic heterocycles. The molecule has 1 aromatic carbocycles. The minimum absolute atomic E-state index is 0.262. The molecule has 0 aliphatic rings. The maximum Gasteiger partial charge on any atom is 0.153 e. The van der Waals surface area contributed by atoms with Gasteiger partial charge >= 0.3 is 0 Å². The summed E-state index contributed by atoms with van der Waals surface area (Å²) in [5.41, 5.74) is 0.744. The summed E-state index contributed by atoms with van der Waals surface area (Å²) >= 11 is 5.64. The van der Waals surface area contributed by atoms with E-state index in [9.17, 15) is 4.79 Å². The molecule has 0 N–H and O–H groups in total. The first kappa shape index (κ1) is 18.7. The molecule has 1 nitrogen and oxygen atoms in total. The van der Waals surface area contributed by atoms with E-state index in [1.54, 1.807) is 0 Å². The van der Waals surface area contributed by atoms with Crippen LogP contribution in [0.5, 0.6) is 0 Å². The van der Waals surface area contributed by atoms with E-state index in [2.05, 4.69) is 75.5 Å². The Morgan fingerprint density at radius 1 is 1.33 bits per heavy atom. The molecule has 0 heterocycles. The van der Waals surface area contributed by atoms with Gasteiger partial charge in [0.15, 0.2) is 5.78 Å². The van der Waals surface area contributed by atoms with Gasteiger partial charge < -0.3 is 0 Å². The second-order valence-corrected chi connectivity index (χ2v) is 7.19. The van der Waals surface area contributed by atoms with Gasteiger partial charge in [0.1, 0.15) is 0 Å². The van der Waals surface area contributed by atoms with Crippen molar-refractivity contribution >= 4 is 44.3 Å². The van der Waals surface area contributed by atoms with E-state index in [4.69, 9.17) is 0 Å². The number of halogens is 2. The van der Waals surface area contributed by atoms with Crippen LogP contribution < -0.4 is 0 Å². The van der Waals surface area contributed by atoms with Crippen molar-refractivity contribution in [1.82, 2.24) is 0 Å². The molecule has 0 radical (unpaired) electrons. The molecular weight excluding hydrogens is 439 g/mol. The summed E-state index contributed by atoms with van der Waals surface area (Å²) < 4.78 is 1.18. The lowest BCUT2D eigenvalue weighted by atomic mass is 9.75. The van der Waals surface area contributed by atoms with Gasteiger partial charge in [0.25, 0.3) is 0 Å². The van der Waals surface area contributed by atoms with Gasteiger partial charge in [-0.05, 0) is 67.0 Å². The van der Waals surface area contributed by atoms with Gasteiger partial charge in [-0.3, -0.25) is 4.79 Å². The molecule has 21 heavy (non-hydrogen) atoms. The smallest absolute Gasteiger partial charge is 0.153 e. The van der Waals surface area contributed by atoms with Crippen molar-refractivity contribution in [3.05, 3.63) is 33.4 Å². The zero-order valence-corrected chi connectivity index (χ0v) is 16.5. The third-order valence-corrected chi connectivity index (χ3v) is 5.03. The minimum Gasteiger partial charge on any atom is -0.298 e. The van der Waals surface area contributed by atoms with Gasteiger partial charge in [-0.1, -0.05) is 40.9 Å². The van der Waals surface area contributed by atoms with Gasteiger partial charge in [0, 0.05) is 9.99 Å². The van der Waals surface area contributed by atoms with Crippen molar-refractivity contribution in [2.45, 2.75) is 51.4 Å². The van der Waals surface area contributed by atoms with E-state index < -0.39 is 0 Å². The summed E-state index contributed by atoms with van der Waals surface area (Å²) in [4.78, 5) is 12.4. The maximum absolute atomic E-state index is 12.4. The molecule has 1 unspecified atom stereocenters. The number of hydrogen-bond donors (Lipinski definition) is 0. The van der Waals surface area contributed by atoms with Crippen molar-refractivity contribution in [1.29, 1.82) is 0 Å². The average Bonchev–Trinajstić information content (AvgIpc) is 2.49. The fourth-order valence-corrected chi connectivity index (χ4v) is 3.58. The van der Waals surface area contributed by atoms with Crippen molar-refractivity contribution in [3.63, 3.8) is 0 Å². The fourth-order valence-electron chi connectivity index (χ4n) is 2.42. The molecule has 0 aliphatic heterocycles. The van der Waals surface area contributed by atoms with Crippen molar-refractivity contribution in [3.8, 4) is 11.8 Å². The average molecular weight is 461 g/mol. The van der Waals surface area contributed by atoms with Crippen LogP contribution in [0.25, 0.3) is 0 Å². The Balaban J connectivity index is 2.75. The van der Waals surface area contributed by atoms with Crippen LogP contribution in [0.15, 0.2) is 24.3 Å². The lowest BCUT2D eigenvalue weighted by Gasteiger charge is -2.28. The molecular formula is C18H22BrIO. The van der Waals surface area contributed by atoms with Gasteiger partial charge in [-0.2, -0.15) is 0 Å². The Labute approximate surface area is 150 Å². The molecule has 0 fully saturated rings. The summed E-state index contributed by atoms with van der Waals surface area (Å²) in [6.07, 6.45) is 5.17. The van der Waals surface area contributed by atoms with Gasteiger partial charge in [0.05, 0.1) is 10.7 Å². The molecule has 0 amide bonds. The third-order valence-electron chi connectivity index (χ3n) is 3.85. The number of alkyl halides is 1. The number of carbonyl (C=O) groups is 1. The summed E-state index contributed by atoms with van der Waals surface area (Å²) in [5.74, 6) is 6.28. The van der Waals surface area contributed by atoms with Crippen LogP contribution in [0.2, 0.25) is 0 Å². The highest BCUT2D eigenvalue weighted by Gasteiger charge is 2.33. The first-order valence-electron chi connectivity index (χ1n) is 7.29. The Morgan fingerprint density at radius 2 is 2.10 bits per heavy atom. The first-order chi connectivity index (χ1) is 10.0. The fraction of sp³-hybridized carbons (Fsp3) is 0.500. The summed E-state index contributed by atoms with van der Waals surface area (Å²) in [6.45, 7) is 3.95. The number of rotatable bonds is 8. The van der Waals surface area contributed by atoms with Crippen molar-refractivity contribution < 1.29 is 4.79 Å². The number of hydrogen-bond acceptors (Lipinski definition) is 1. The molecule has 1 aromatic rings. The van der Waals surface area contributed by atoms with Gasteiger partial charge in [0.2, 0.25) is 0 Å².